The lowest BCUT2D eigenvalue weighted by molar-refractivity contribution is 0.598. The zero-order valence-electron chi connectivity index (χ0n) is 15.6. The molecule has 148 valence electrons. The summed E-state index contributed by atoms with van der Waals surface area (Å²) in [5.74, 6) is 1.07. The van der Waals surface area contributed by atoms with Gasteiger partial charge in [-0.1, -0.05) is 30.3 Å². The number of nitrogens with one attached hydrogen (secondary N) is 2. The molecule has 4 N–H and O–H groups in total. The first-order valence-corrected chi connectivity index (χ1v) is 10.3. The van der Waals surface area contributed by atoms with Crippen LogP contribution in [0, 0.1) is 0 Å². The number of aryl methyl sites for hydroxylation is 1. The number of sulfonamides is 1. The van der Waals surface area contributed by atoms with Crippen LogP contribution < -0.4 is 15.8 Å². The van der Waals surface area contributed by atoms with Crippen molar-refractivity contribution in [3.8, 4) is 0 Å². The molecule has 0 spiro atoms. The Morgan fingerprint density at radius 1 is 1.03 bits per heavy atom. The standard InChI is InChI=1S/C19H19N7O2S/c1-26-18-16(12-22-26)17(24-19(25-18)23-14-5-3-2-4-6-14)21-11-13-7-9-15(10-8-13)29(20,27)28/h2-10,12H,11H2,1H3,(H2,20,27,28)(H2,21,23,24,25). The lowest BCUT2D eigenvalue weighted by Gasteiger charge is -2.11. The molecule has 0 atom stereocenters. The Hall–Kier alpha value is -3.50. The molecule has 10 heteroatoms. The molecule has 29 heavy (non-hydrogen) atoms. The Morgan fingerprint density at radius 2 is 1.76 bits per heavy atom. The minimum atomic E-state index is -3.71. The van der Waals surface area contributed by atoms with E-state index in [1.165, 1.54) is 12.1 Å². The maximum absolute atomic E-state index is 11.4. The van der Waals surface area contributed by atoms with E-state index in [0.717, 1.165) is 16.6 Å². The van der Waals surface area contributed by atoms with Crippen molar-refractivity contribution in [3.05, 3.63) is 66.4 Å². The van der Waals surface area contributed by atoms with Crippen LogP contribution in [-0.4, -0.2) is 28.2 Å². The third-order valence-corrected chi connectivity index (χ3v) is 5.26. The smallest absolute Gasteiger partial charge is 0.238 e. The Morgan fingerprint density at radius 3 is 2.45 bits per heavy atom. The van der Waals surface area contributed by atoms with E-state index in [-0.39, 0.29) is 4.90 Å². The number of anilines is 3. The second kappa shape index (κ2) is 7.49. The number of para-hydroxylation sites is 1. The molecule has 0 aliphatic rings. The number of fused-ring (bicyclic) bond motifs is 1. The first kappa shape index (κ1) is 18.8. The van der Waals surface area contributed by atoms with Gasteiger partial charge in [0.05, 0.1) is 16.5 Å². The van der Waals surface area contributed by atoms with Crippen LogP contribution in [-0.2, 0) is 23.6 Å². The van der Waals surface area contributed by atoms with Crippen LogP contribution in [0.3, 0.4) is 0 Å². The third kappa shape index (κ3) is 4.18. The van der Waals surface area contributed by atoms with Crippen molar-refractivity contribution < 1.29 is 8.42 Å². The summed E-state index contributed by atoms with van der Waals surface area (Å²) in [5, 5.41) is 16.7. The van der Waals surface area contributed by atoms with Gasteiger partial charge < -0.3 is 10.6 Å². The molecule has 0 amide bonds. The highest BCUT2D eigenvalue weighted by Gasteiger charge is 2.12. The fourth-order valence-corrected chi connectivity index (χ4v) is 3.36. The lowest BCUT2D eigenvalue weighted by atomic mass is 10.2. The van der Waals surface area contributed by atoms with E-state index in [1.54, 1.807) is 23.0 Å². The van der Waals surface area contributed by atoms with E-state index in [9.17, 15) is 8.42 Å². The number of hydrogen-bond donors (Lipinski definition) is 3. The number of benzene rings is 2. The summed E-state index contributed by atoms with van der Waals surface area (Å²) in [7, 11) is -1.89. The molecule has 0 unspecified atom stereocenters. The predicted molar refractivity (Wildman–Crippen MR) is 111 cm³/mol. The Bertz CT molecular complexity index is 1250. The van der Waals surface area contributed by atoms with Gasteiger partial charge in [0.1, 0.15) is 5.82 Å². The molecular formula is C19H19N7O2S. The second-order valence-corrected chi connectivity index (χ2v) is 8.00. The lowest BCUT2D eigenvalue weighted by Crippen LogP contribution is -2.12. The number of aromatic nitrogens is 4. The van der Waals surface area contributed by atoms with Crippen LogP contribution in [0.1, 0.15) is 5.56 Å². The van der Waals surface area contributed by atoms with E-state index >= 15 is 0 Å². The number of nitrogens with two attached hydrogens (primary N) is 1. The van der Waals surface area contributed by atoms with Gasteiger partial charge in [-0.05, 0) is 29.8 Å². The van der Waals surface area contributed by atoms with Gasteiger partial charge in [-0.15, -0.1) is 0 Å². The first-order valence-electron chi connectivity index (χ1n) is 8.77. The number of hydrogen-bond acceptors (Lipinski definition) is 7. The molecule has 0 aliphatic heterocycles. The normalized spacial score (nSPS) is 11.5. The highest BCUT2D eigenvalue weighted by atomic mass is 32.2. The largest absolute Gasteiger partial charge is 0.365 e. The summed E-state index contributed by atoms with van der Waals surface area (Å²) in [6.45, 7) is 0.441. The topological polar surface area (TPSA) is 128 Å². The zero-order chi connectivity index (χ0) is 20.4. The van der Waals surface area contributed by atoms with Crippen molar-refractivity contribution in [2.24, 2.45) is 12.2 Å². The van der Waals surface area contributed by atoms with Crippen LogP contribution in [0.4, 0.5) is 17.5 Å². The van der Waals surface area contributed by atoms with Gasteiger partial charge in [0.25, 0.3) is 0 Å². The Kier molecular flexibility index (Phi) is 4.87. The van der Waals surface area contributed by atoms with Crippen molar-refractivity contribution in [2.75, 3.05) is 10.6 Å². The average molecular weight is 409 g/mol. The maximum Gasteiger partial charge on any atom is 0.238 e. The molecule has 9 nitrogen and oxygen atoms in total. The molecule has 0 aliphatic carbocycles. The van der Waals surface area contributed by atoms with E-state index in [1.807, 2.05) is 37.4 Å². The maximum atomic E-state index is 11.4. The molecule has 0 bridgehead atoms. The Balaban J connectivity index is 1.60. The van der Waals surface area contributed by atoms with Crippen LogP contribution in [0.25, 0.3) is 11.0 Å². The van der Waals surface area contributed by atoms with Gasteiger partial charge in [0.15, 0.2) is 5.65 Å². The molecular weight excluding hydrogens is 390 g/mol. The predicted octanol–water partition coefficient (Wildman–Crippen LogP) is 2.37. The minimum Gasteiger partial charge on any atom is -0.365 e. The van der Waals surface area contributed by atoms with Crippen molar-refractivity contribution in [2.45, 2.75) is 11.4 Å². The summed E-state index contributed by atoms with van der Waals surface area (Å²) in [6.07, 6.45) is 1.70. The van der Waals surface area contributed by atoms with Gasteiger partial charge in [-0.25, -0.2) is 13.6 Å². The van der Waals surface area contributed by atoms with Gasteiger partial charge in [-0.3, -0.25) is 4.68 Å². The molecule has 0 fully saturated rings. The summed E-state index contributed by atoms with van der Waals surface area (Å²) in [5.41, 5.74) is 2.44. The van der Waals surface area contributed by atoms with Crippen molar-refractivity contribution >= 4 is 38.5 Å². The van der Waals surface area contributed by atoms with E-state index in [4.69, 9.17) is 5.14 Å². The summed E-state index contributed by atoms with van der Waals surface area (Å²) in [6, 6.07) is 16.0. The highest BCUT2D eigenvalue weighted by molar-refractivity contribution is 7.89. The molecule has 2 aromatic carbocycles. The van der Waals surface area contributed by atoms with Gasteiger partial charge in [0.2, 0.25) is 16.0 Å². The molecule has 0 radical (unpaired) electrons. The van der Waals surface area contributed by atoms with Crippen molar-refractivity contribution in [1.29, 1.82) is 0 Å². The quantitative estimate of drug-likeness (QED) is 0.446. The number of rotatable bonds is 6. The summed E-state index contributed by atoms with van der Waals surface area (Å²) >= 11 is 0. The zero-order valence-corrected chi connectivity index (χ0v) is 16.4. The SMILES string of the molecule is Cn1ncc2c(NCc3ccc(S(N)(=O)=O)cc3)nc(Nc3ccccc3)nc21. The molecule has 2 heterocycles. The Labute approximate surface area is 167 Å². The highest BCUT2D eigenvalue weighted by Crippen LogP contribution is 2.24. The second-order valence-electron chi connectivity index (χ2n) is 6.43. The molecule has 0 saturated carbocycles. The minimum absolute atomic E-state index is 0.0762. The van der Waals surface area contributed by atoms with Crippen LogP contribution in [0.2, 0.25) is 0 Å². The van der Waals surface area contributed by atoms with Crippen LogP contribution in [0.15, 0.2) is 65.7 Å². The van der Waals surface area contributed by atoms with Crippen molar-refractivity contribution in [3.63, 3.8) is 0 Å². The van der Waals surface area contributed by atoms with Crippen LogP contribution in [0.5, 0.6) is 0 Å². The van der Waals surface area contributed by atoms with Gasteiger partial charge >= 0.3 is 0 Å². The van der Waals surface area contributed by atoms with E-state index < -0.39 is 10.0 Å². The summed E-state index contributed by atoms with van der Waals surface area (Å²) in [4.78, 5) is 9.20. The third-order valence-electron chi connectivity index (χ3n) is 4.33. The molecule has 4 rings (SSSR count). The van der Waals surface area contributed by atoms with Gasteiger partial charge in [0, 0.05) is 19.3 Å². The fourth-order valence-electron chi connectivity index (χ4n) is 2.85. The van der Waals surface area contributed by atoms with Crippen LogP contribution >= 0.6 is 0 Å². The molecule has 2 aromatic heterocycles. The number of primary sulfonamides is 1. The molecule has 4 aromatic rings. The van der Waals surface area contributed by atoms with Gasteiger partial charge in [-0.2, -0.15) is 15.1 Å². The summed E-state index contributed by atoms with van der Waals surface area (Å²) < 4.78 is 24.5. The number of nitrogens with zero attached hydrogens (tertiary/aromatic N) is 4. The van der Waals surface area contributed by atoms with E-state index in [0.29, 0.717) is 24.0 Å². The first-order chi connectivity index (χ1) is 13.9. The average Bonchev–Trinajstić information content (AvgIpc) is 3.08. The monoisotopic (exact) mass is 409 g/mol. The molecule has 0 saturated heterocycles. The fraction of sp³-hybridized carbons (Fsp3) is 0.105. The van der Waals surface area contributed by atoms with Crippen molar-refractivity contribution in [1.82, 2.24) is 19.7 Å². The van der Waals surface area contributed by atoms with E-state index in [2.05, 4.69) is 25.7 Å².